The number of anilines is 3. The van der Waals surface area contributed by atoms with Gasteiger partial charge in [-0.2, -0.15) is 0 Å². The molecule has 21 heavy (non-hydrogen) atoms. The number of ketones is 1. The topological polar surface area (TPSA) is 85.3 Å². The van der Waals surface area contributed by atoms with Gasteiger partial charge in [-0.05, 0) is 31.2 Å². The van der Waals surface area contributed by atoms with Gasteiger partial charge in [0, 0.05) is 19.3 Å². The number of rotatable bonds is 3. The third-order valence-electron chi connectivity index (χ3n) is 3.27. The lowest BCUT2D eigenvalue weighted by Crippen LogP contribution is -2.02. The predicted octanol–water partition coefficient (Wildman–Crippen LogP) is 2.57. The molecule has 0 aliphatic carbocycles. The van der Waals surface area contributed by atoms with Gasteiger partial charge in [-0.3, -0.25) is 9.20 Å². The van der Waals surface area contributed by atoms with Gasteiger partial charge in [0.1, 0.15) is 11.5 Å². The number of nitrogens with zero attached hydrogens (tertiary/aromatic N) is 3. The molecule has 0 spiro atoms. The maximum absolute atomic E-state index is 11.8. The van der Waals surface area contributed by atoms with E-state index in [-0.39, 0.29) is 5.78 Å². The van der Waals surface area contributed by atoms with E-state index in [4.69, 9.17) is 5.73 Å². The van der Waals surface area contributed by atoms with Gasteiger partial charge in [0.05, 0.1) is 17.1 Å². The Morgan fingerprint density at radius 3 is 2.76 bits per heavy atom. The molecule has 0 bridgehead atoms. The number of carbonyl (C=O) groups is 1. The second kappa shape index (κ2) is 4.90. The van der Waals surface area contributed by atoms with E-state index < -0.39 is 0 Å². The van der Waals surface area contributed by atoms with Gasteiger partial charge in [-0.15, -0.1) is 0 Å². The molecule has 3 aromatic rings. The monoisotopic (exact) mass is 281 g/mol. The van der Waals surface area contributed by atoms with Crippen LogP contribution in [0, 0.1) is 6.92 Å². The van der Waals surface area contributed by atoms with E-state index in [1.54, 1.807) is 16.7 Å². The van der Waals surface area contributed by atoms with Crippen LogP contribution in [-0.4, -0.2) is 20.2 Å². The highest BCUT2D eigenvalue weighted by atomic mass is 16.1. The number of aromatic nitrogens is 3. The summed E-state index contributed by atoms with van der Waals surface area (Å²) < 4.78 is 1.78. The van der Waals surface area contributed by atoms with E-state index in [2.05, 4.69) is 15.3 Å². The summed E-state index contributed by atoms with van der Waals surface area (Å²) >= 11 is 0. The third-order valence-corrected chi connectivity index (χ3v) is 3.27. The van der Waals surface area contributed by atoms with Crippen LogP contribution in [-0.2, 0) is 0 Å². The third kappa shape index (κ3) is 2.20. The van der Waals surface area contributed by atoms with Crippen molar-refractivity contribution in [1.82, 2.24) is 14.4 Å². The standard InChI is InChI=1S/C15H15N5O/c1-9-13(10(2)21)20-8-4-6-12(15(20)18-9)19-11-5-3-7-17-14(11)16/h3-8,19H,1-2H3,(H2,16,17). The first-order valence-corrected chi connectivity index (χ1v) is 6.54. The highest BCUT2D eigenvalue weighted by Gasteiger charge is 2.15. The van der Waals surface area contributed by atoms with Gasteiger partial charge in [0.25, 0.3) is 0 Å². The fourth-order valence-corrected chi connectivity index (χ4v) is 2.37. The zero-order valence-corrected chi connectivity index (χ0v) is 11.8. The Morgan fingerprint density at radius 1 is 1.29 bits per heavy atom. The molecule has 0 atom stereocenters. The van der Waals surface area contributed by atoms with Crippen LogP contribution < -0.4 is 11.1 Å². The molecule has 3 heterocycles. The summed E-state index contributed by atoms with van der Waals surface area (Å²) in [5.41, 5.74) is 9.30. The maximum atomic E-state index is 11.8. The first kappa shape index (κ1) is 13.1. The van der Waals surface area contributed by atoms with Crippen LogP contribution in [0.2, 0.25) is 0 Å². The van der Waals surface area contributed by atoms with E-state index in [1.807, 2.05) is 31.3 Å². The lowest BCUT2D eigenvalue weighted by Gasteiger charge is -2.09. The molecule has 106 valence electrons. The van der Waals surface area contributed by atoms with Crippen molar-refractivity contribution >= 4 is 28.6 Å². The Bertz CT molecular complexity index is 837. The van der Waals surface area contributed by atoms with Crippen LogP contribution in [0.15, 0.2) is 36.7 Å². The number of nitrogen functional groups attached to an aromatic ring is 1. The van der Waals surface area contributed by atoms with Gasteiger partial charge in [0.15, 0.2) is 11.4 Å². The molecular formula is C15H15N5O. The fourth-order valence-electron chi connectivity index (χ4n) is 2.37. The summed E-state index contributed by atoms with van der Waals surface area (Å²) in [6.07, 6.45) is 3.46. The Hall–Kier alpha value is -2.89. The van der Waals surface area contributed by atoms with Crippen molar-refractivity contribution in [2.24, 2.45) is 0 Å². The Labute approximate surface area is 121 Å². The van der Waals surface area contributed by atoms with Crippen molar-refractivity contribution in [2.45, 2.75) is 13.8 Å². The molecule has 0 radical (unpaired) electrons. The summed E-state index contributed by atoms with van der Waals surface area (Å²) in [6, 6.07) is 7.39. The number of fused-ring (bicyclic) bond motifs is 1. The number of imidazole rings is 1. The largest absolute Gasteiger partial charge is 0.382 e. The summed E-state index contributed by atoms with van der Waals surface area (Å²) in [7, 11) is 0. The molecule has 0 amide bonds. The van der Waals surface area contributed by atoms with Crippen LogP contribution >= 0.6 is 0 Å². The summed E-state index contributed by atoms with van der Waals surface area (Å²) in [4.78, 5) is 20.3. The molecule has 3 rings (SSSR count). The number of nitrogens with two attached hydrogens (primary N) is 1. The molecule has 0 aliphatic rings. The second-order valence-electron chi connectivity index (χ2n) is 4.78. The van der Waals surface area contributed by atoms with Gasteiger partial charge >= 0.3 is 0 Å². The zero-order valence-electron chi connectivity index (χ0n) is 11.8. The summed E-state index contributed by atoms with van der Waals surface area (Å²) in [5.74, 6) is 0.396. The van der Waals surface area contributed by atoms with Crippen LogP contribution in [0.4, 0.5) is 17.2 Å². The van der Waals surface area contributed by atoms with Crippen LogP contribution in [0.1, 0.15) is 23.1 Å². The predicted molar refractivity (Wildman–Crippen MR) is 81.9 cm³/mol. The number of carbonyl (C=O) groups excluding carboxylic acids is 1. The van der Waals surface area contributed by atoms with Gasteiger partial charge < -0.3 is 11.1 Å². The maximum Gasteiger partial charge on any atom is 0.178 e. The fraction of sp³-hybridized carbons (Fsp3) is 0.133. The molecule has 6 heteroatoms. The Kier molecular flexibility index (Phi) is 3.06. The zero-order chi connectivity index (χ0) is 15.0. The minimum Gasteiger partial charge on any atom is -0.382 e. The second-order valence-corrected chi connectivity index (χ2v) is 4.78. The van der Waals surface area contributed by atoms with E-state index in [9.17, 15) is 4.79 Å². The summed E-state index contributed by atoms with van der Waals surface area (Å²) in [5, 5.41) is 3.21. The first-order chi connectivity index (χ1) is 10.1. The van der Waals surface area contributed by atoms with Crippen molar-refractivity contribution in [2.75, 3.05) is 11.1 Å². The minimum absolute atomic E-state index is 0.0157. The van der Waals surface area contributed by atoms with Crippen molar-refractivity contribution < 1.29 is 4.79 Å². The molecular weight excluding hydrogens is 266 g/mol. The van der Waals surface area contributed by atoms with E-state index in [1.165, 1.54) is 6.92 Å². The molecule has 3 N–H and O–H groups in total. The van der Waals surface area contributed by atoms with Crippen molar-refractivity contribution in [3.63, 3.8) is 0 Å². The SMILES string of the molecule is CC(=O)c1c(C)nc2c(Nc3cccnc3N)cccn12. The lowest BCUT2D eigenvalue weighted by molar-refractivity contribution is 0.101. The minimum atomic E-state index is -0.0157. The van der Waals surface area contributed by atoms with Crippen LogP contribution in [0.5, 0.6) is 0 Å². The van der Waals surface area contributed by atoms with Gasteiger partial charge in [-0.25, -0.2) is 9.97 Å². The lowest BCUT2D eigenvalue weighted by atomic mass is 10.2. The number of Topliss-reactive ketones (excluding diaryl/α,β-unsaturated/α-hetero) is 1. The Morgan fingerprint density at radius 2 is 2.05 bits per heavy atom. The normalized spacial score (nSPS) is 10.8. The molecule has 3 aromatic heterocycles. The number of hydrogen-bond acceptors (Lipinski definition) is 5. The highest BCUT2D eigenvalue weighted by Crippen LogP contribution is 2.25. The van der Waals surface area contributed by atoms with E-state index in [0.29, 0.717) is 28.5 Å². The molecule has 0 saturated heterocycles. The molecule has 0 saturated carbocycles. The summed E-state index contributed by atoms with van der Waals surface area (Å²) in [6.45, 7) is 3.36. The number of pyridine rings is 2. The van der Waals surface area contributed by atoms with Crippen molar-refractivity contribution in [3.8, 4) is 0 Å². The molecule has 0 fully saturated rings. The smallest absolute Gasteiger partial charge is 0.178 e. The van der Waals surface area contributed by atoms with Crippen LogP contribution in [0.25, 0.3) is 5.65 Å². The highest BCUT2D eigenvalue weighted by molar-refractivity contribution is 5.95. The van der Waals surface area contributed by atoms with E-state index >= 15 is 0 Å². The van der Waals surface area contributed by atoms with Crippen LogP contribution in [0.3, 0.4) is 0 Å². The number of hydrogen-bond donors (Lipinski definition) is 2. The Balaban J connectivity index is 2.14. The first-order valence-electron chi connectivity index (χ1n) is 6.54. The number of aryl methyl sites for hydroxylation is 1. The quantitative estimate of drug-likeness (QED) is 0.721. The molecule has 0 unspecified atom stereocenters. The molecule has 6 nitrogen and oxygen atoms in total. The van der Waals surface area contributed by atoms with Gasteiger partial charge in [-0.1, -0.05) is 0 Å². The number of nitrogens with one attached hydrogen (secondary N) is 1. The van der Waals surface area contributed by atoms with Crippen molar-refractivity contribution in [1.29, 1.82) is 0 Å². The molecule has 0 aliphatic heterocycles. The molecule has 0 aromatic carbocycles. The average Bonchev–Trinajstić information content (AvgIpc) is 2.78. The van der Waals surface area contributed by atoms with Crippen molar-refractivity contribution in [3.05, 3.63) is 48.0 Å². The van der Waals surface area contributed by atoms with E-state index in [0.717, 1.165) is 5.69 Å². The van der Waals surface area contributed by atoms with Gasteiger partial charge in [0.2, 0.25) is 0 Å². The average molecular weight is 281 g/mol.